The van der Waals surface area contributed by atoms with Gasteiger partial charge in [-0.25, -0.2) is 0 Å². The summed E-state index contributed by atoms with van der Waals surface area (Å²) in [4.78, 5) is 35.2. The highest BCUT2D eigenvalue weighted by Gasteiger charge is 2.33. The molecular formula is C22H22ClF3N2O4. The van der Waals surface area contributed by atoms with Crippen molar-refractivity contribution < 1.29 is 32.3 Å². The number of carbonyl (C=O) groups is 3. The predicted molar refractivity (Wildman–Crippen MR) is 115 cm³/mol. The number of nitrogens with one attached hydrogen (secondary N) is 2. The summed E-state index contributed by atoms with van der Waals surface area (Å²) in [5.74, 6) is -0.802. The van der Waals surface area contributed by atoms with E-state index in [-0.39, 0.29) is 35.9 Å². The Morgan fingerprint density at radius 1 is 1.06 bits per heavy atom. The maximum atomic E-state index is 13.1. The predicted octanol–water partition coefficient (Wildman–Crippen LogP) is 5.71. The van der Waals surface area contributed by atoms with Crippen molar-refractivity contribution in [3.63, 3.8) is 0 Å². The van der Waals surface area contributed by atoms with Gasteiger partial charge in [-0.2, -0.15) is 13.2 Å². The third-order valence-electron chi connectivity index (χ3n) is 4.31. The van der Waals surface area contributed by atoms with Crippen molar-refractivity contribution in [1.82, 2.24) is 0 Å². The first-order chi connectivity index (χ1) is 15.2. The highest BCUT2D eigenvalue weighted by Crippen LogP contribution is 2.36. The molecule has 0 unspecified atom stereocenters. The lowest BCUT2D eigenvalue weighted by atomic mass is 10.1. The van der Waals surface area contributed by atoms with Crippen molar-refractivity contribution in [2.75, 3.05) is 17.2 Å². The first-order valence-corrected chi connectivity index (χ1v) is 10.2. The SMILES string of the molecule is CCOc1ccc(NC(=O)CCCCC=O)cc1C(=O)Nc1ccc(Cl)c(C(F)(F)F)c1. The molecule has 0 bridgehead atoms. The molecule has 172 valence electrons. The first kappa shape index (κ1) is 25.2. The molecule has 0 radical (unpaired) electrons. The van der Waals surface area contributed by atoms with Crippen LogP contribution in [0.3, 0.4) is 0 Å². The number of benzene rings is 2. The second kappa shape index (κ2) is 11.5. The van der Waals surface area contributed by atoms with Crippen molar-refractivity contribution in [2.24, 2.45) is 0 Å². The number of hydrogen-bond acceptors (Lipinski definition) is 4. The Bertz CT molecular complexity index is 980. The third kappa shape index (κ3) is 7.26. The van der Waals surface area contributed by atoms with Crippen molar-refractivity contribution in [2.45, 2.75) is 38.8 Å². The Morgan fingerprint density at radius 3 is 2.41 bits per heavy atom. The molecule has 0 saturated carbocycles. The van der Waals surface area contributed by atoms with E-state index in [1.54, 1.807) is 13.0 Å². The van der Waals surface area contributed by atoms with Crippen LogP contribution in [-0.4, -0.2) is 24.7 Å². The van der Waals surface area contributed by atoms with E-state index in [0.29, 0.717) is 24.9 Å². The fraction of sp³-hybridized carbons (Fsp3) is 0.318. The maximum absolute atomic E-state index is 13.1. The molecule has 2 amide bonds. The number of unbranched alkanes of at least 4 members (excludes halogenated alkanes) is 2. The van der Waals surface area contributed by atoms with Gasteiger partial charge in [-0.3, -0.25) is 9.59 Å². The van der Waals surface area contributed by atoms with Gasteiger partial charge in [0.1, 0.15) is 12.0 Å². The van der Waals surface area contributed by atoms with E-state index >= 15 is 0 Å². The second-order valence-electron chi connectivity index (χ2n) is 6.75. The summed E-state index contributed by atoms with van der Waals surface area (Å²) in [6.45, 7) is 1.97. The number of amides is 2. The van der Waals surface area contributed by atoms with Crippen LogP contribution in [0.4, 0.5) is 24.5 Å². The van der Waals surface area contributed by atoms with Crippen LogP contribution in [0.5, 0.6) is 5.75 Å². The number of halogens is 4. The van der Waals surface area contributed by atoms with E-state index in [1.807, 2.05) is 0 Å². The number of ether oxygens (including phenoxy) is 1. The Hall–Kier alpha value is -3.07. The highest BCUT2D eigenvalue weighted by molar-refractivity contribution is 6.31. The van der Waals surface area contributed by atoms with E-state index in [4.69, 9.17) is 16.3 Å². The van der Waals surface area contributed by atoms with E-state index in [9.17, 15) is 27.6 Å². The molecule has 0 aliphatic rings. The van der Waals surface area contributed by atoms with Crippen molar-refractivity contribution in [3.8, 4) is 5.75 Å². The Morgan fingerprint density at radius 2 is 1.75 bits per heavy atom. The summed E-state index contributed by atoms with van der Waals surface area (Å²) < 4.78 is 44.7. The maximum Gasteiger partial charge on any atom is 0.417 e. The molecule has 0 spiro atoms. The van der Waals surface area contributed by atoms with Gasteiger partial charge in [0.05, 0.1) is 22.8 Å². The number of aldehydes is 1. The van der Waals surface area contributed by atoms with Gasteiger partial charge in [-0.05, 0) is 56.2 Å². The van der Waals surface area contributed by atoms with E-state index < -0.39 is 22.7 Å². The fourth-order valence-corrected chi connectivity index (χ4v) is 3.05. The van der Waals surface area contributed by atoms with Gasteiger partial charge in [-0.15, -0.1) is 0 Å². The van der Waals surface area contributed by atoms with E-state index in [1.165, 1.54) is 18.2 Å². The summed E-state index contributed by atoms with van der Waals surface area (Å²) in [7, 11) is 0. The largest absolute Gasteiger partial charge is 0.493 e. The normalized spacial score (nSPS) is 11.0. The molecule has 10 heteroatoms. The number of carbonyl (C=O) groups excluding carboxylic acids is 3. The molecule has 0 fully saturated rings. The van der Waals surface area contributed by atoms with Crippen molar-refractivity contribution in [1.29, 1.82) is 0 Å². The summed E-state index contributed by atoms with van der Waals surface area (Å²) in [6.07, 6.45) is -2.19. The zero-order chi connectivity index (χ0) is 23.7. The zero-order valence-corrected chi connectivity index (χ0v) is 18.0. The molecule has 2 aromatic carbocycles. The molecule has 0 aliphatic carbocycles. The third-order valence-corrected chi connectivity index (χ3v) is 4.64. The summed E-state index contributed by atoms with van der Waals surface area (Å²) in [5.41, 5.74) is -0.809. The lowest BCUT2D eigenvalue weighted by Gasteiger charge is -2.15. The summed E-state index contributed by atoms with van der Waals surface area (Å²) in [5, 5.41) is 4.57. The van der Waals surface area contributed by atoms with Crippen LogP contribution < -0.4 is 15.4 Å². The van der Waals surface area contributed by atoms with E-state index in [0.717, 1.165) is 18.4 Å². The van der Waals surface area contributed by atoms with Gasteiger partial charge < -0.3 is 20.2 Å². The average molecular weight is 471 g/mol. The van der Waals surface area contributed by atoms with Crippen LogP contribution in [-0.2, 0) is 15.8 Å². The van der Waals surface area contributed by atoms with Crippen molar-refractivity contribution in [3.05, 3.63) is 52.5 Å². The van der Waals surface area contributed by atoms with Gasteiger partial charge in [-0.1, -0.05) is 11.6 Å². The smallest absolute Gasteiger partial charge is 0.417 e. The second-order valence-corrected chi connectivity index (χ2v) is 7.16. The Kier molecular flexibility index (Phi) is 9.07. The lowest BCUT2D eigenvalue weighted by Crippen LogP contribution is -2.16. The molecule has 2 N–H and O–H groups in total. The molecule has 0 aliphatic heterocycles. The fourth-order valence-electron chi connectivity index (χ4n) is 2.82. The number of hydrogen-bond donors (Lipinski definition) is 2. The van der Waals surface area contributed by atoms with Crippen LogP contribution >= 0.6 is 11.6 Å². The van der Waals surface area contributed by atoms with Crippen LogP contribution in [0.2, 0.25) is 5.02 Å². The molecule has 0 atom stereocenters. The van der Waals surface area contributed by atoms with Gasteiger partial charge in [0.15, 0.2) is 0 Å². The minimum atomic E-state index is -4.68. The van der Waals surface area contributed by atoms with Gasteiger partial charge in [0.25, 0.3) is 5.91 Å². The molecular weight excluding hydrogens is 449 g/mol. The minimum absolute atomic E-state index is 0.0362. The first-order valence-electron chi connectivity index (χ1n) is 9.84. The van der Waals surface area contributed by atoms with E-state index in [2.05, 4.69) is 10.6 Å². The molecule has 6 nitrogen and oxygen atoms in total. The molecule has 2 rings (SSSR count). The van der Waals surface area contributed by atoms with Crippen LogP contribution in [0, 0.1) is 0 Å². The molecule has 0 saturated heterocycles. The highest BCUT2D eigenvalue weighted by atomic mass is 35.5. The van der Waals surface area contributed by atoms with Gasteiger partial charge in [0.2, 0.25) is 5.91 Å². The number of rotatable bonds is 10. The molecule has 0 aromatic heterocycles. The van der Waals surface area contributed by atoms with Crippen LogP contribution in [0.25, 0.3) is 0 Å². The van der Waals surface area contributed by atoms with Crippen molar-refractivity contribution >= 4 is 41.1 Å². The molecule has 2 aromatic rings. The Balaban J connectivity index is 2.21. The monoisotopic (exact) mass is 470 g/mol. The average Bonchev–Trinajstić information content (AvgIpc) is 2.73. The quantitative estimate of drug-likeness (QED) is 0.344. The zero-order valence-electron chi connectivity index (χ0n) is 17.2. The standard InChI is InChI=1S/C22H22ClF3N2O4/c1-2-32-19-10-8-14(27-20(30)6-4-3-5-11-29)12-16(19)21(31)28-15-7-9-18(23)17(13-15)22(24,25)26/h7-13H,2-6H2,1H3,(H,27,30)(H,28,31). The number of anilines is 2. The van der Waals surface area contributed by atoms with Crippen LogP contribution in [0.1, 0.15) is 48.5 Å². The summed E-state index contributed by atoms with van der Waals surface area (Å²) >= 11 is 5.61. The topological polar surface area (TPSA) is 84.5 Å². The van der Waals surface area contributed by atoms with Gasteiger partial charge in [0, 0.05) is 24.2 Å². The molecule has 32 heavy (non-hydrogen) atoms. The van der Waals surface area contributed by atoms with Gasteiger partial charge >= 0.3 is 6.18 Å². The molecule has 0 heterocycles. The minimum Gasteiger partial charge on any atom is -0.493 e. The lowest BCUT2D eigenvalue weighted by molar-refractivity contribution is -0.137. The Labute approximate surface area is 188 Å². The van der Waals surface area contributed by atoms with Crippen LogP contribution in [0.15, 0.2) is 36.4 Å². The summed E-state index contributed by atoms with van der Waals surface area (Å²) in [6, 6.07) is 7.46. The number of alkyl halides is 3.